The largest absolute Gasteiger partial charge is 0.387 e. The molecule has 1 atom stereocenters. The average Bonchev–Trinajstić information content (AvgIpc) is 3.06. The number of nitrogens with one attached hydrogen (secondary N) is 1. The van der Waals surface area contributed by atoms with E-state index in [4.69, 9.17) is 0 Å². The second-order valence-corrected chi connectivity index (χ2v) is 5.44. The third-order valence-corrected chi connectivity index (χ3v) is 3.97. The number of fused-ring (bicyclic) bond motifs is 1. The quantitative estimate of drug-likeness (QED) is 0.778. The lowest BCUT2D eigenvalue weighted by Gasteiger charge is -2.11. The molecule has 0 bridgehead atoms. The van der Waals surface area contributed by atoms with Crippen LogP contribution in [0.3, 0.4) is 0 Å². The summed E-state index contributed by atoms with van der Waals surface area (Å²) in [6, 6.07) is 11.3. The number of nitrogens with zero attached hydrogens (tertiary/aromatic N) is 1. The lowest BCUT2D eigenvalue weighted by molar-refractivity contribution is 0.0913. The number of aromatic nitrogens is 1. The summed E-state index contributed by atoms with van der Waals surface area (Å²) in [6.45, 7) is 0.167. The van der Waals surface area contributed by atoms with E-state index in [2.05, 4.69) is 10.3 Å². The summed E-state index contributed by atoms with van der Waals surface area (Å²) >= 11 is 1.52. The molecular formula is C16H14N2O2S. The molecule has 106 valence electrons. The maximum absolute atomic E-state index is 12.3. The van der Waals surface area contributed by atoms with Crippen molar-refractivity contribution in [3.05, 3.63) is 64.6 Å². The lowest BCUT2D eigenvalue weighted by Crippen LogP contribution is -2.29. The number of aliphatic hydroxyl groups excluding tert-OH is 1. The summed E-state index contributed by atoms with van der Waals surface area (Å²) in [4.78, 5) is 16.4. The Morgan fingerprint density at radius 2 is 2.14 bits per heavy atom. The molecule has 2 N–H and O–H groups in total. The fraction of sp³-hybridized carbons (Fsp3) is 0.125. The number of pyridine rings is 1. The first kappa shape index (κ1) is 13.7. The van der Waals surface area contributed by atoms with Gasteiger partial charge in [-0.1, -0.05) is 24.3 Å². The Morgan fingerprint density at radius 3 is 2.95 bits per heavy atom. The van der Waals surface area contributed by atoms with Crippen LogP contribution in [0.2, 0.25) is 0 Å². The van der Waals surface area contributed by atoms with Gasteiger partial charge in [-0.25, -0.2) is 0 Å². The molecule has 0 aliphatic carbocycles. The monoisotopic (exact) mass is 298 g/mol. The van der Waals surface area contributed by atoms with Gasteiger partial charge < -0.3 is 10.4 Å². The molecule has 5 heteroatoms. The molecule has 0 aliphatic heterocycles. The number of rotatable bonds is 4. The van der Waals surface area contributed by atoms with Crippen LogP contribution in [0, 0.1) is 0 Å². The molecule has 0 spiro atoms. The van der Waals surface area contributed by atoms with Crippen molar-refractivity contribution in [2.75, 3.05) is 6.54 Å². The third kappa shape index (κ3) is 2.94. The molecule has 3 rings (SSSR count). The van der Waals surface area contributed by atoms with E-state index in [-0.39, 0.29) is 12.5 Å². The Balaban J connectivity index is 1.75. The molecule has 1 unspecified atom stereocenters. The number of carbonyl (C=O) groups excluding carboxylic acids is 1. The van der Waals surface area contributed by atoms with Gasteiger partial charge in [-0.05, 0) is 33.8 Å². The molecule has 0 aliphatic rings. The summed E-state index contributed by atoms with van der Waals surface area (Å²) < 4.78 is 0. The Morgan fingerprint density at radius 1 is 1.29 bits per heavy atom. The summed E-state index contributed by atoms with van der Waals surface area (Å²) in [5.41, 5.74) is 1.19. The number of hydrogen-bond donors (Lipinski definition) is 2. The minimum atomic E-state index is -0.699. The molecule has 0 saturated carbocycles. The van der Waals surface area contributed by atoms with Gasteiger partial charge in [0.1, 0.15) is 5.69 Å². The highest BCUT2D eigenvalue weighted by Gasteiger charge is 2.14. The summed E-state index contributed by atoms with van der Waals surface area (Å²) in [7, 11) is 0. The van der Waals surface area contributed by atoms with Gasteiger partial charge in [0, 0.05) is 18.1 Å². The van der Waals surface area contributed by atoms with Crippen LogP contribution in [-0.4, -0.2) is 22.5 Å². The Hall–Kier alpha value is -2.24. The van der Waals surface area contributed by atoms with Crippen molar-refractivity contribution < 1.29 is 9.90 Å². The number of amides is 1. The highest BCUT2D eigenvalue weighted by atomic mass is 32.1. The molecule has 2 heterocycles. The molecule has 0 fully saturated rings. The van der Waals surface area contributed by atoms with Gasteiger partial charge in [0.05, 0.1) is 6.10 Å². The van der Waals surface area contributed by atoms with Crippen LogP contribution in [0.4, 0.5) is 0 Å². The zero-order valence-corrected chi connectivity index (χ0v) is 12.0. The van der Waals surface area contributed by atoms with Crippen molar-refractivity contribution in [3.8, 4) is 0 Å². The summed E-state index contributed by atoms with van der Waals surface area (Å²) in [5, 5.41) is 18.3. The molecule has 2 aromatic heterocycles. The number of benzene rings is 1. The molecule has 0 saturated heterocycles. The number of hydrogen-bond acceptors (Lipinski definition) is 4. The summed E-state index contributed by atoms with van der Waals surface area (Å²) in [6.07, 6.45) is 0.919. The van der Waals surface area contributed by atoms with Crippen LogP contribution in [0.25, 0.3) is 10.8 Å². The molecule has 4 nitrogen and oxygen atoms in total. The van der Waals surface area contributed by atoms with Crippen molar-refractivity contribution in [1.29, 1.82) is 0 Å². The van der Waals surface area contributed by atoms with Gasteiger partial charge in [-0.3, -0.25) is 9.78 Å². The van der Waals surface area contributed by atoms with E-state index in [1.165, 1.54) is 11.3 Å². The normalized spacial score (nSPS) is 12.2. The maximum atomic E-state index is 12.3. The van der Waals surface area contributed by atoms with Crippen molar-refractivity contribution in [2.45, 2.75) is 6.10 Å². The molecule has 3 aromatic rings. The first-order valence-corrected chi connectivity index (χ1v) is 7.52. The minimum absolute atomic E-state index is 0.167. The Labute approximate surface area is 126 Å². The van der Waals surface area contributed by atoms with Gasteiger partial charge in [-0.15, -0.1) is 0 Å². The van der Waals surface area contributed by atoms with Crippen molar-refractivity contribution in [1.82, 2.24) is 10.3 Å². The van der Waals surface area contributed by atoms with Crippen LogP contribution in [0.15, 0.2) is 53.4 Å². The SMILES string of the molecule is O=C(NCC(O)c1ccsc1)c1nccc2ccccc12. The molecular weight excluding hydrogens is 284 g/mol. The van der Waals surface area contributed by atoms with Crippen molar-refractivity contribution >= 4 is 28.0 Å². The fourth-order valence-electron chi connectivity index (χ4n) is 2.16. The zero-order valence-electron chi connectivity index (χ0n) is 11.2. The number of thiophene rings is 1. The Kier molecular flexibility index (Phi) is 3.94. The number of aliphatic hydroxyl groups is 1. The van der Waals surface area contributed by atoms with E-state index in [1.54, 1.807) is 6.20 Å². The predicted molar refractivity (Wildman–Crippen MR) is 83.4 cm³/mol. The second-order valence-electron chi connectivity index (χ2n) is 4.66. The van der Waals surface area contributed by atoms with E-state index in [0.29, 0.717) is 5.69 Å². The van der Waals surface area contributed by atoms with Gasteiger partial charge in [0.25, 0.3) is 5.91 Å². The van der Waals surface area contributed by atoms with Gasteiger partial charge in [-0.2, -0.15) is 11.3 Å². The average molecular weight is 298 g/mol. The highest BCUT2D eigenvalue weighted by Crippen LogP contribution is 2.17. The third-order valence-electron chi connectivity index (χ3n) is 3.27. The molecule has 0 radical (unpaired) electrons. The van der Waals surface area contributed by atoms with Crippen LogP contribution in [0.1, 0.15) is 22.2 Å². The minimum Gasteiger partial charge on any atom is -0.387 e. The fourth-order valence-corrected chi connectivity index (χ4v) is 2.86. The molecule has 21 heavy (non-hydrogen) atoms. The van der Waals surface area contributed by atoms with E-state index >= 15 is 0 Å². The van der Waals surface area contributed by atoms with Crippen molar-refractivity contribution in [2.24, 2.45) is 0 Å². The van der Waals surface area contributed by atoms with Crippen LogP contribution in [0.5, 0.6) is 0 Å². The van der Waals surface area contributed by atoms with E-state index in [0.717, 1.165) is 16.3 Å². The van der Waals surface area contributed by atoms with Crippen molar-refractivity contribution in [3.63, 3.8) is 0 Å². The topological polar surface area (TPSA) is 62.2 Å². The second kappa shape index (κ2) is 6.03. The first-order chi connectivity index (χ1) is 10.3. The predicted octanol–water partition coefficient (Wildman–Crippen LogP) is 2.76. The zero-order chi connectivity index (χ0) is 14.7. The lowest BCUT2D eigenvalue weighted by atomic mass is 10.1. The van der Waals surface area contributed by atoms with Crippen LogP contribution in [-0.2, 0) is 0 Å². The van der Waals surface area contributed by atoms with Crippen LogP contribution < -0.4 is 5.32 Å². The van der Waals surface area contributed by atoms with Gasteiger partial charge >= 0.3 is 0 Å². The summed E-state index contributed by atoms with van der Waals surface area (Å²) in [5.74, 6) is -0.277. The molecule has 1 aromatic carbocycles. The highest BCUT2D eigenvalue weighted by molar-refractivity contribution is 7.07. The number of carbonyl (C=O) groups is 1. The smallest absolute Gasteiger partial charge is 0.270 e. The van der Waals surface area contributed by atoms with E-state index in [1.807, 2.05) is 47.2 Å². The van der Waals surface area contributed by atoms with E-state index in [9.17, 15) is 9.90 Å². The van der Waals surface area contributed by atoms with Gasteiger partial charge in [0.15, 0.2) is 0 Å². The van der Waals surface area contributed by atoms with Gasteiger partial charge in [0.2, 0.25) is 0 Å². The standard InChI is InChI=1S/C16H14N2O2S/c19-14(12-6-8-21-10-12)9-18-16(20)15-13-4-2-1-3-11(13)5-7-17-15/h1-8,10,14,19H,9H2,(H,18,20). The van der Waals surface area contributed by atoms with E-state index < -0.39 is 6.10 Å². The molecule has 1 amide bonds. The maximum Gasteiger partial charge on any atom is 0.270 e. The van der Waals surface area contributed by atoms with Crippen LogP contribution >= 0.6 is 11.3 Å². The first-order valence-electron chi connectivity index (χ1n) is 6.58. The Bertz CT molecular complexity index is 751.